The van der Waals surface area contributed by atoms with Crippen LogP contribution in [0.25, 0.3) is 11.3 Å². The van der Waals surface area contributed by atoms with Gasteiger partial charge in [-0.25, -0.2) is 4.98 Å². The zero-order valence-corrected chi connectivity index (χ0v) is 12.8. The molecule has 1 aromatic heterocycles. The molecule has 1 aromatic carbocycles. The average molecular weight is 300 g/mol. The minimum atomic E-state index is -0.399. The highest BCUT2D eigenvalue weighted by Crippen LogP contribution is 2.24. The molecular formula is C17H20N2O3. The summed E-state index contributed by atoms with van der Waals surface area (Å²) in [4.78, 5) is 15.9. The Labute approximate surface area is 130 Å². The van der Waals surface area contributed by atoms with Gasteiger partial charge in [-0.15, -0.1) is 0 Å². The first-order chi connectivity index (χ1) is 10.6. The number of ether oxygens (including phenoxy) is 2. The predicted molar refractivity (Wildman–Crippen MR) is 84.4 cm³/mol. The highest BCUT2D eigenvalue weighted by Gasteiger charge is 2.13. The molecule has 1 heterocycles. The number of benzene rings is 1. The van der Waals surface area contributed by atoms with E-state index < -0.39 is 6.04 Å². The fourth-order valence-corrected chi connectivity index (χ4v) is 2.14. The molecule has 2 rings (SSSR count). The molecule has 2 aromatic rings. The number of pyridine rings is 1. The Kier molecular flexibility index (Phi) is 5.49. The van der Waals surface area contributed by atoms with Crippen LogP contribution >= 0.6 is 0 Å². The number of hydrogen-bond donors (Lipinski definition) is 1. The molecule has 5 nitrogen and oxygen atoms in total. The maximum Gasteiger partial charge on any atom is 0.307 e. The Balaban J connectivity index is 2.20. The molecule has 0 saturated heterocycles. The third-order valence-corrected chi connectivity index (χ3v) is 3.24. The monoisotopic (exact) mass is 300 g/mol. The lowest BCUT2D eigenvalue weighted by Gasteiger charge is -2.12. The molecule has 0 fully saturated rings. The van der Waals surface area contributed by atoms with Crippen LogP contribution in [0.3, 0.4) is 0 Å². The molecule has 0 amide bonds. The standard InChI is InChI=1S/C17H20N2O3/c1-3-22-17(20)11-14(18)12-6-4-7-13(10-12)15-8-5-9-16(19-15)21-2/h4-10,14H,3,11,18H2,1-2H3. The molecule has 0 radical (unpaired) electrons. The van der Waals surface area contributed by atoms with Crippen molar-refractivity contribution in [1.29, 1.82) is 0 Å². The van der Waals surface area contributed by atoms with Crippen LogP contribution in [0.4, 0.5) is 0 Å². The Hall–Kier alpha value is -2.40. The minimum Gasteiger partial charge on any atom is -0.481 e. The van der Waals surface area contributed by atoms with Gasteiger partial charge in [0.1, 0.15) is 0 Å². The zero-order valence-electron chi connectivity index (χ0n) is 12.8. The minimum absolute atomic E-state index is 0.156. The topological polar surface area (TPSA) is 74.4 Å². The number of esters is 1. The van der Waals surface area contributed by atoms with Gasteiger partial charge < -0.3 is 15.2 Å². The predicted octanol–water partition coefficient (Wildman–Crippen LogP) is 2.71. The molecular weight excluding hydrogens is 280 g/mol. The molecule has 0 aliphatic rings. The normalized spacial score (nSPS) is 11.8. The second kappa shape index (κ2) is 7.56. The molecule has 0 aliphatic heterocycles. The molecule has 0 bridgehead atoms. The molecule has 1 atom stereocenters. The van der Waals surface area contributed by atoms with Crippen LogP contribution in [0.5, 0.6) is 5.88 Å². The number of hydrogen-bond acceptors (Lipinski definition) is 5. The first-order valence-corrected chi connectivity index (χ1v) is 7.16. The maximum atomic E-state index is 11.5. The number of nitrogens with two attached hydrogens (primary N) is 1. The maximum absolute atomic E-state index is 11.5. The summed E-state index contributed by atoms with van der Waals surface area (Å²) in [6.45, 7) is 2.14. The van der Waals surface area contributed by atoms with E-state index in [1.54, 1.807) is 20.1 Å². The van der Waals surface area contributed by atoms with Crippen molar-refractivity contribution in [3.8, 4) is 17.1 Å². The summed E-state index contributed by atoms with van der Waals surface area (Å²) in [5, 5.41) is 0. The summed E-state index contributed by atoms with van der Waals surface area (Å²) in [6, 6.07) is 12.9. The van der Waals surface area contributed by atoms with Crippen molar-refractivity contribution in [1.82, 2.24) is 4.98 Å². The number of rotatable bonds is 6. The van der Waals surface area contributed by atoms with E-state index in [0.29, 0.717) is 12.5 Å². The lowest BCUT2D eigenvalue weighted by atomic mass is 10.0. The van der Waals surface area contributed by atoms with Crippen molar-refractivity contribution in [2.45, 2.75) is 19.4 Å². The summed E-state index contributed by atoms with van der Waals surface area (Å²) >= 11 is 0. The van der Waals surface area contributed by atoms with Crippen molar-refractivity contribution in [3.63, 3.8) is 0 Å². The molecule has 22 heavy (non-hydrogen) atoms. The van der Waals surface area contributed by atoms with E-state index in [4.69, 9.17) is 15.2 Å². The van der Waals surface area contributed by atoms with Crippen LogP contribution in [-0.4, -0.2) is 24.7 Å². The summed E-state index contributed by atoms with van der Waals surface area (Å²) in [6.07, 6.45) is 0.156. The Morgan fingerprint density at radius 1 is 1.27 bits per heavy atom. The third kappa shape index (κ3) is 4.05. The molecule has 1 unspecified atom stereocenters. The van der Waals surface area contributed by atoms with Crippen molar-refractivity contribution in [2.24, 2.45) is 5.73 Å². The van der Waals surface area contributed by atoms with Gasteiger partial charge in [0, 0.05) is 17.7 Å². The van der Waals surface area contributed by atoms with Gasteiger partial charge in [0.25, 0.3) is 0 Å². The van der Waals surface area contributed by atoms with Crippen LogP contribution in [0.1, 0.15) is 24.9 Å². The zero-order chi connectivity index (χ0) is 15.9. The van der Waals surface area contributed by atoms with Gasteiger partial charge >= 0.3 is 5.97 Å². The van der Waals surface area contributed by atoms with E-state index >= 15 is 0 Å². The summed E-state index contributed by atoms with van der Waals surface area (Å²) in [7, 11) is 1.58. The van der Waals surface area contributed by atoms with Gasteiger partial charge in [0.2, 0.25) is 5.88 Å². The Bertz CT molecular complexity index is 643. The van der Waals surface area contributed by atoms with E-state index in [9.17, 15) is 4.79 Å². The van der Waals surface area contributed by atoms with E-state index in [1.807, 2.05) is 36.4 Å². The highest BCUT2D eigenvalue weighted by atomic mass is 16.5. The second-order valence-corrected chi connectivity index (χ2v) is 4.81. The lowest BCUT2D eigenvalue weighted by molar-refractivity contribution is -0.143. The van der Waals surface area contributed by atoms with Crippen molar-refractivity contribution < 1.29 is 14.3 Å². The van der Waals surface area contributed by atoms with Crippen LogP contribution in [0.2, 0.25) is 0 Å². The second-order valence-electron chi connectivity index (χ2n) is 4.81. The number of nitrogens with zero attached hydrogens (tertiary/aromatic N) is 1. The molecule has 5 heteroatoms. The quantitative estimate of drug-likeness (QED) is 0.830. The van der Waals surface area contributed by atoms with Gasteiger partial charge in [0.15, 0.2) is 0 Å². The van der Waals surface area contributed by atoms with Crippen LogP contribution in [0, 0.1) is 0 Å². The summed E-state index contributed by atoms with van der Waals surface area (Å²) in [5.74, 6) is 0.263. The van der Waals surface area contributed by atoms with Crippen molar-refractivity contribution >= 4 is 5.97 Å². The molecule has 0 saturated carbocycles. The van der Waals surface area contributed by atoms with E-state index in [-0.39, 0.29) is 12.4 Å². The summed E-state index contributed by atoms with van der Waals surface area (Å²) in [5.41, 5.74) is 8.68. The average Bonchev–Trinajstić information content (AvgIpc) is 2.55. The number of aromatic nitrogens is 1. The van der Waals surface area contributed by atoms with Crippen LogP contribution in [-0.2, 0) is 9.53 Å². The van der Waals surface area contributed by atoms with Crippen molar-refractivity contribution in [2.75, 3.05) is 13.7 Å². The van der Waals surface area contributed by atoms with Crippen molar-refractivity contribution in [3.05, 3.63) is 48.0 Å². The molecule has 0 aliphatic carbocycles. The van der Waals surface area contributed by atoms with Crippen LogP contribution < -0.4 is 10.5 Å². The first-order valence-electron chi connectivity index (χ1n) is 7.16. The molecule has 116 valence electrons. The smallest absolute Gasteiger partial charge is 0.307 e. The number of carbonyl (C=O) groups excluding carboxylic acids is 1. The molecule has 2 N–H and O–H groups in total. The van der Waals surface area contributed by atoms with Gasteiger partial charge in [0.05, 0.1) is 25.8 Å². The largest absolute Gasteiger partial charge is 0.481 e. The number of methoxy groups -OCH3 is 1. The van der Waals surface area contributed by atoms with Gasteiger partial charge in [-0.05, 0) is 24.6 Å². The van der Waals surface area contributed by atoms with Gasteiger partial charge in [-0.2, -0.15) is 0 Å². The van der Waals surface area contributed by atoms with E-state index in [2.05, 4.69) is 4.98 Å². The van der Waals surface area contributed by atoms with Gasteiger partial charge in [-0.1, -0.05) is 24.3 Å². The fraction of sp³-hybridized carbons (Fsp3) is 0.294. The highest BCUT2D eigenvalue weighted by molar-refractivity contribution is 5.70. The summed E-state index contributed by atoms with van der Waals surface area (Å²) < 4.78 is 10.1. The van der Waals surface area contributed by atoms with Crippen LogP contribution in [0.15, 0.2) is 42.5 Å². The first kappa shape index (κ1) is 16.0. The Morgan fingerprint density at radius 2 is 2.05 bits per heavy atom. The molecule has 0 spiro atoms. The van der Waals surface area contributed by atoms with Gasteiger partial charge in [-0.3, -0.25) is 4.79 Å². The van der Waals surface area contributed by atoms with E-state index in [1.165, 1.54) is 0 Å². The number of carbonyl (C=O) groups is 1. The SMILES string of the molecule is CCOC(=O)CC(N)c1cccc(-c2cccc(OC)n2)c1. The third-order valence-electron chi connectivity index (χ3n) is 3.24. The Morgan fingerprint density at radius 3 is 2.77 bits per heavy atom. The van der Waals surface area contributed by atoms with E-state index in [0.717, 1.165) is 16.8 Å². The lowest BCUT2D eigenvalue weighted by Crippen LogP contribution is -2.17. The fourth-order valence-electron chi connectivity index (χ4n) is 2.14.